The van der Waals surface area contributed by atoms with Gasteiger partial charge in [0.2, 0.25) is 0 Å². The molecule has 0 unspecified atom stereocenters. The first-order valence-electron chi connectivity index (χ1n) is 8.71. The number of benzene rings is 1. The summed E-state index contributed by atoms with van der Waals surface area (Å²) in [7, 11) is 0. The molecule has 1 aliphatic heterocycles. The number of nitrogens with zero attached hydrogens (tertiary/aromatic N) is 3. The summed E-state index contributed by atoms with van der Waals surface area (Å²) < 4.78 is 12.3. The van der Waals surface area contributed by atoms with E-state index in [1.54, 1.807) is 11.0 Å². The second kappa shape index (κ2) is 7.50. The first-order valence-corrected chi connectivity index (χ1v) is 9.52. The van der Waals surface area contributed by atoms with Crippen LogP contribution in [0.2, 0.25) is 0 Å². The predicted octanol–water partition coefficient (Wildman–Crippen LogP) is 2.41. The molecule has 0 spiro atoms. The van der Waals surface area contributed by atoms with Gasteiger partial charge in [0.25, 0.3) is 5.91 Å². The molecule has 1 amide bonds. The molecule has 1 saturated heterocycles. The molecular formula is C19H19N3O4S. The minimum absolute atomic E-state index is 0.195. The Kier molecular flexibility index (Phi) is 4.91. The summed E-state index contributed by atoms with van der Waals surface area (Å²) in [5.41, 5.74) is 1.77. The molecule has 1 aromatic carbocycles. The van der Waals surface area contributed by atoms with Gasteiger partial charge in [0.1, 0.15) is 9.71 Å². The van der Waals surface area contributed by atoms with Crippen molar-refractivity contribution >= 4 is 33.4 Å². The van der Waals surface area contributed by atoms with Crippen molar-refractivity contribution in [3.05, 3.63) is 47.0 Å². The van der Waals surface area contributed by atoms with Crippen LogP contribution in [0.15, 0.2) is 36.4 Å². The van der Waals surface area contributed by atoms with Crippen LogP contribution >= 0.6 is 11.3 Å². The van der Waals surface area contributed by atoms with Crippen LogP contribution in [0, 0.1) is 6.92 Å². The summed E-state index contributed by atoms with van der Waals surface area (Å²) in [4.78, 5) is 27.5. The second-order valence-corrected chi connectivity index (χ2v) is 7.26. The number of hydrogen-bond donors (Lipinski definition) is 0. The Balaban J connectivity index is 1.50. The van der Waals surface area contributed by atoms with Crippen LogP contribution in [0.5, 0.6) is 0 Å². The molecule has 27 heavy (non-hydrogen) atoms. The Morgan fingerprint density at radius 3 is 2.70 bits per heavy atom. The highest BCUT2D eigenvalue weighted by molar-refractivity contribution is 7.20. The Morgan fingerprint density at radius 2 is 1.96 bits per heavy atom. The lowest BCUT2D eigenvalue weighted by Crippen LogP contribution is -2.42. The van der Waals surface area contributed by atoms with E-state index in [-0.39, 0.29) is 12.5 Å². The Bertz CT molecular complexity index is 974. The van der Waals surface area contributed by atoms with E-state index < -0.39 is 5.97 Å². The van der Waals surface area contributed by atoms with Gasteiger partial charge >= 0.3 is 5.97 Å². The van der Waals surface area contributed by atoms with E-state index >= 15 is 0 Å². The molecule has 8 heteroatoms. The number of hydrogen-bond acceptors (Lipinski definition) is 6. The number of para-hydroxylation sites is 1. The topological polar surface area (TPSA) is 73.7 Å². The Hall–Kier alpha value is -2.71. The zero-order chi connectivity index (χ0) is 18.8. The molecule has 0 aliphatic carbocycles. The van der Waals surface area contributed by atoms with E-state index in [0.29, 0.717) is 31.2 Å². The van der Waals surface area contributed by atoms with Gasteiger partial charge in [-0.25, -0.2) is 9.48 Å². The third-order valence-corrected chi connectivity index (χ3v) is 5.53. The maximum absolute atomic E-state index is 12.4. The summed E-state index contributed by atoms with van der Waals surface area (Å²) in [6, 6.07) is 11.5. The number of esters is 1. The molecule has 2 aromatic heterocycles. The van der Waals surface area contributed by atoms with E-state index in [1.807, 2.05) is 41.9 Å². The molecule has 0 saturated carbocycles. The van der Waals surface area contributed by atoms with Crippen LogP contribution < -0.4 is 0 Å². The van der Waals surface area contributed by atoms with E-state index in [1.165, 1.54) is 11.3 Å². The van der Waals surface area contributed by atoms with Gasteiger partial charge in [-0.1, -0.05) is 18.2 Å². The molecule has 7 nitrogen and oxygen atoms in total. The number of fused-ring (bicyclic) bond motifs is 1. The average Bonchev–Trinajstić information content (AvgIpc) is 3.28. The van der Waals surface area contributed by atoms with Crippen molar-refractivity contribution in [2.24, 2.45) is 0 Å². The summed E-state index contributed by atoms with van der Waals surface area (Å²) in [6.07, 6.45) is 0. The molecule has 0 atom stereocenters. The van der Waals surface area contributed by atoms with Crippen molar-refractivity contribution < 1.29 is 19.1 Å². The van der Waals surface area contributed by atoms with Gasteiger partial charge in [0.15, 0.2) is 6.61 Å². The third kappa shape index (κ3) is 3.58. The summed E-state index contributed by atoms with van der Waals surface area (Å²) in [6.45, 7) is 3.76. The van der Waals surface area contributed by atoms with Crippen molar-refractivity contribution in [2.75, 3.05) is 32.9 Å². The van der Waals surface area contributed by atoms with E-state index in [0.717, 1.165) is 21.6 Å². The molecular weight excluding hydrogens is 366 g/mol. The number of amides is 1. The molecule has 3 aromatic rings. The quantitative estimate of drug-likeness (QED) is 0.645. The van der Waals surface area contributed by atoms with Gasteiger partial charge in [0.05, 0.1) is 24.6 Å². The van der Waals surface area contributed by atoms with Crippen LogP contribution in [-0.4, -0.2) is 59.5 Å². The largest absolute Gasteiger partial charge is 0.451 e. The zero-order valence-corrected chi connectivity index (χ0v) is 15.7. The number of aryl methyl sites for hydroxylation is 1. The maximum atomic E-state index is 12.4. The average molecular weight is 385 g/mol. The number of carbonyl (C=O) groups is 2. The highest BCUT2D eigenvalue weighted by Crippen LogP contribution is 2.30. The van der Waals surface area contributed by atoms with Crippen LogP contribution in [-0.2, 0) is 14.3 Å². The molecule has 4 rings (SSSR count). The first kappa shape index (κ1) is 17.7. The predicted molar refractivity (Wildman–Crippen MR) is 101 cm³/mol. The first-order chi connectivity index (χ1) is 13.1. The molecule has 140 valence electrons. The summed E-state index contributed by atoms with van der Waals surface area (Å²) in [5, 5.41) is 5.47. The van der Waals surface area contributed by atoms with Crippen molar-refractivity contribution in [2.45, 2.75) is 6.92 Å². The van der Waals surface area contributed by atoms with Crippen LogP contribution in [0.25, 0.3) is 15.9 Å². The highest BCUT2D eigenvalue weighted by atomic mass is 32.1. The number of thiophene rings is 1. The van der Waals surface area contributed by atoms with Gasteiger partial charge in [-0.3, -0.25) is 4.79 Å². The zero-order valence-electron chi connectivity index (χ0n) is 14.9. The second-order valence-electron chi connectivity index (χ2n) is 6.23. The normalized spacial score (nSPS) is 14.5. The third-order valence-electron chi connectivity index (χ3n) is 4.44. The van der Waals surface area contributed by atoms with Crippen molar-refractivity contribution in [3.63, 3.8) is 0 Å². The van der Waals surface area contributed by atoms with Crippen LogP contribution in [0.4, 0.5) is 0 Å². The maximum Gasteiger partial charge on any atom is 0.348 e. The van der Waals surface area contributed by atoms with Gasteiger partial charge in [-0.2, -0.15) is 5.10 Å². The summed E-state index contributed by atoms with van der Waals surface area (Å²) in [5.74, 6) is -0.684. The number of rotatable bonds is 4. The molecule has 1 aliphatic rings. The van der Waals surface area contributed by atoms with Crippen molar-refractivity contribution in [1.29, 1.82) is 0 Å². The summed E-state index contributed by atoms with van der Waals surface area (Å²) >= 11 is 1.32. The standard InChI is InChI=1S/C19H19N3O4S/c1-13-15-11-16(19(24)26-12-17(23)21-7-9-25-10-8-21)27-18(15)22(20-13)14-5-3-2-4-6-14/h2-6,11H,7-10,12H2,1H3. The lowest BCUT2D eigenvalue weighted by molar-refractivity contribution is -0.138. The van der Waals surface area contributed by atoms with Gasteiger partial charge in [-0.15, -0.1) is 11.3 Å². The minimum atomic E-state index is -0.489. The fraction of sp³-hybridized carbons (Fsp3) is 0.316. The fourth-order valence-corrected chi connectivity index (χ4v) is 4.07. The van der Waals surface area contributed by atoms with Crippen molar-refractivity contribution in [3.8, 4) is 5.69 Å². The van der Waals surface area contributed by atoms with Gasteiger partial charge in [-0.05, 0) is 25.1 Å². The minimum Gasteiger partial charge on any atom is -0.451 e. The molecule has 0 radical (unpaired) electrons. The lowest BCUT2D eigenvalue weighted by Gasteiger charge is -2.26. The number of morpholine rings is 1. The number of aromatic nitrogens is 2. The molecule has 0 N–H and O–H groups in total. The van der Waals surface area contributed by atoms with Gasteiger partial charge < -0.3 is 14.4 Å². The Labute approximate surface area is 160 Å². The van der Waals surface area contributed by atoms with E-state index in [4.69, 9.17) is 9.47 Å². The van der Waals surface area contributed by atoms with Crippen LogP contribution in [0.1, 0.15) is 15.4 Å². The van der Waals surface area contributed by atoms with Crippen LogP contribution in [0.3, 0.4) is 0 Å². The smallest absolute Gasteiger partial charge is 0.348 e. The van der Waals surface area contributed by atoms with E-state index in [9.17, 15) is 9.59 Å². The number of ether oxygens (including phenoxy) is 2. The molecule has 1 fully saturated rings. The molecule has 0 bridgehead atoms. The molecule has 3 heterocycles. The van der Waals surface area contributed by atoms with E-state index in [2.05, 4.69) is 5.10 Å². The lowest BCUT2D eigenvalue weighted by atomic mass is 10.3. The monoisotopic (exact) mass is 385 g/mol. The fourth-order valence-electron chi connectivity index (χ4n) is 2.99. The SMILES string of the molecule is Cc1nn(-c2ccccc2)c2sc(C(=O)OCC(=O)N3CCOCC3)cc12. The van der Waals surface area contributed by atoms with Gasteiger partial charge in [0, 0.05) is 18.5 Å². The highest BCUT2D eigenvalue weighted by Gasteiger charge is 2.21. The Morgan fingerprint density at radius 1 is 1.22 bits per heavy atom. The van der Waals surface area contributed by atoms with Crippen molar-refractivity contribution in [1.82, 2.24) is 14.7 Å². The number of carbonyl (C=O) groups excluding carboxylic acids is 2.